The van der Waals surface area contributed by atoms with Crippen LogP contribution in [0.1, 0.15) is 62.2 Å². The molecule has 1 saturated heterocycles. The van der Waals surface area contributed by atoms with Crippen LogP contribution < -0.4 is 5.73 Å². The van der Waals surface area contributed by atoms with E-state index < -0.39 is 0 Å². The van der Waals surface area contributed by atoms with Crippen molar-refractivity contribution in [1.29, 1.82) is 0 Å². The average Bonchev–Trinajstić information content (AvgIpc) is 3.07. The van der Waals surface area contributed by atoms with Gasteiger partial charge in [0.2, 0.25) is 0 Å². The maximum atomic E-state index is 13.3. The molecule has 2 N–H and O–H groups in total. The van der Waals surface area contributed by atoms with Gasteiger partial charge in [-0.05, 0) is 44.7 Å². The number of benzene rings is 1. The monoisotopic (exact) mass is 368 g/mol. The molecule has 0 bridgehead atoms. The number of likely N-dealkylation sites (tertiary alicyclic amines) is 1. The SMILES string of the molecule is Cc1ccc(-n2cc(C(=O)N3CCC(C(C)N)CC3)c(C(C)(C)C)n2)cc1. The Morgan fingerprint density at radius 1 is 1.19 bits per heavy atom. The minimum atomic E-state index is -0.203. The molecule has 0 aliphatic carbocycles. The highest BCUT2D eigenvalue weighted by atomic mass is 16.2. The molecule has 27 heavy (non-hydrogen) atoms. The van der Waals surface area contributed by atoms with Gasteiger partial charge in [0.15, 0.2) is 0 Å². The molecular formula is C22H32N4O. The predicted octanol–water partition coefficient (Wildman–Crippen LogP) is 3.68. The molecule has 1 aliphatic heterocycles. The largest absolute Gasteiger partial charge is 0.339 e. The number of nitrogens with two attached hydrogens (primary N) is 1. The summed E-state index contributed by atoms with van der Waals surface area (Å²) in [5.74, 6) is 0.591. The van der Waals surface area contributed by atoms with E-state index in [1.54, 1.807) is 0 Å². The van der Waals surface area contributed by atoms with Crippen molar-refractivity contribution >= 4 is 5.91 Å². The van der Waals surface area contributed by atoms with E-state index in [1.165, 1.54) is 5.56 Å². The van der Waals surface area contributed by atoms with Crippen molar-refractivity contribution in [1.82, 2.24) is 14.7 Å². The van der Waals surface area contributed by atoms with Crippen LogP contribution in [0.4, 0.5) is 0 Å². The Bertz CT molecular complexity index is 791. The summed E-state index contributed by atoms with van der Waals surface area (Å²) in [6.07, 6.45) is 3.84. The smallest absolute Gasteiger partial charge is 0.257 e. The zero-order valence-electron chi connectivity index (χ0n) is 17.2. The molecule has 0 spiro atoms. The second-order valence-electron chi connectivity index (χ2n) is 8.91. The first-order valence-electron chi connectivity index (χ1n) is 9.89. The normalized spacial score (nSPS) is 17.2. The minimum Gasteiger partial charge on any atom is -0.339 e. The highest BCUT2D eigenvalue weighted by Crippen LogP contribution is 2.28. The number of carbonyl (C=O) groups is 1. The molecule has 1 aromatic heterocycles. The summed E-state index contributed by atoms with van der Waals surface area (Å²) in [6, 6.07) is 8.40. The molecule has 2 aromatic rings. The van der Waals surface area contributed by atoms with Crippen LogP contribution in [0.15, 0.2) is 30.5 Å². The number of hydrogen-bond donors (Lipinski definition) is 1. The number of aromatic nitrogens is 2. The van der Waals surface area contributed by atoms with Crippen LogP contribution in [0.5, 0.6) is 0 Å². The number of hydrogen-bond acceptors (Lipinski definition) is 3. The van der Waals surface area contributed by atoms with Crippen LogP contribution in [0.2, 0.25) is 0 Å². The predicted molar refractivity (Wildman–Crippen MR) is 109 cm³/mol. The zero-order chi connectivity index (χ0) is 19.8. The van der Waals surface area contributed by atoms with Gasteiger partial charge in [-0.3, -0.25) is 4.79 Å². The van der Waals surface area contributed by atoms with E-state index in [2.05, 4.69) is 46.8 Å². The molecule has 1 aromatic carbocycles. The van der Waals surface area contributed by atoms with Crippen LogP contribution in [0, 0.1) is 12.8 Å². The molecule has 1 fully saturated rings. The van der Waals surface area contributed by atoms with E-state index in [0.29, 0.717) is 11.5 Å². The third-order valence-electron chi connectivity index (χ3n) is 5.52. The van der Waals surface area contributed by atoms with Gasteiger partial charge in [0.25, 0.3) is 5.91 Å². The van der Waals surface area contributed by atoms with E-state index in [-0.39, 0.29) is 17.4 Å². The van der Waals surface area contributed by atoms with Crippen molar-refractivity contribution in [2.45, 2.75) is 58.9 Å². The molecular weight excluding hydrogens is 336 g/mol. The van der Waals surface area contributed by atoms with Crippen molar-refractivity contribution in [3.63, 3.8) is 0 Å². The lowest BCUT2D eigenvalue weighted by Crippen LogP contribution is -2.43. The van der Waals surface area contributed by atoms with E-state index in [1.807, 2.05) is 27.9 Å². The maximum absolute atomic E-state index is 13.3. The van der Waals surface area contributed by atoms with E-state index >= 15 is 0 Å². The number of nitrogens with zero attached hydrogens (tertiary/aromatic N) is 3. The Hall–Kier alpha value is -2.14. The Labute approximate surface area is 162 Å². The zero-order valence-corrected chi connectivity index (χ0v) is 17.2. The number of aryl methyl sites for hydroxylation is 1. The third kappa shape index (κ3) is 4.24. The van der Waals surface area contributed by atoms with Gasteiger partial charge >= 0.3 is 0 Å². The maximum Gasteiger partial charge on any atom is 0.257 e. The third-order valence-corrected chi connectivity index (χ3v) is 5.52. The fourth-order valence-electron chi connectivity index (χ4n) is 3.71. The first kappa shape index (κ1) is 19.6. The molecule has 3 rings (SSSR count). The number of amides is 1. The topological polar surface area (TPSA) is 64.2 Å². The summed E-state index contributed by atoms with van der Waals surface area (Å²) < 4.78 is 1.84. The minimum absolute atomic E-state index is 0.0846. The van der Waals surface area contributed by atoms with Gasteiger partial charge < -0.3 is 10.6 Å². The lowest BCUT2D eigenvalue weighted by atomic mass is 9.88. The van der Waals surface area contributed by atoms with Crippen LogP contribution in [0.3, 0.4) is 0 Å². The van der Waals surface area contributed by atoms with E-state index in [4.69, 9.17) is 10.8 Å². The molecule has 0 radical (unpaired) electrons. The van der Waals surface area contributed by atoms with Crippen molar-refractivity contribution in [2.24, 2.45) is 11.7 Å². The van der Waals surface area contributed by atoms with E-state index in [9.17, 15) is 4.79 Å². The molecule has 1 aliphatic rings. The molecule has 1 atom stereocenters. The Kier molecular flexibility index (Phi) is 5.43. The fraction of sp³-hybridized carbons (Fsp3) is 0.545. The van der Waals surface area contributed by atoms with Gasteiger partial charge in [-0.1, -0.05) is 38.5 Å². The van der Waals surface area contributed by atoms with Crippen molar-refractivity contribution < 1.29 is 4.79 Å². The quantitative estimate of drug-likeness (QED) is 0.899. The van der Waals surface area contributed by atoms with Gasteiger partial charge in [-0.15, -0.1) is 0 Å². The van der Waals surface area contributed by atoms with Gasteiger partial charge in [-0.2, -0.15) is 5.10 Å². The van der Waals surface area contributed by atoms with Crippen LogP contribution in [-0.2, 0) is 5.41 Å². The number of rotatable bonds is 3. The van der Waals surface area contributed by atoms with Crippen molar-refractivity contribution in [3.05, 3.63) is 47.3 Å². The van der Waals surface area contributed by atoms with Crippen molar-refractivity contribution in [2.75, 3.05) is 13.1 Å². The Balaban J connectivity index is 1.89. The van der Waals surface area contributed by atoms with Gasteiger partial charge in [-0.25, -0.2) is 4.68 Å². The van der Waals surface area contributed by atoms with Gasteiger partial charge in [0.05, 0.1) is 16.9 Å². The molecule has 5 heteroatoms. The summed E-state index contributed by atoms with van der Waals surface area (Å²) in [7, 11) is 0. The fourth-order valence-corrected chi connectivity index (χ4v) is 3.71. The lowest BCUT2D eigenvalue weighted by molar-refractivity contribution is 0.0678. The molecule has 1 unspecified atom stereocenters. The highest BCUT2D eigenvalue weighted by Gasteiger charge is 2.31. The molecule has 0 saturated carbocycles. The van der Waals surface area contributed by atoms with E-state index in [0.717, 1.165) is 37.3 Å². The summed E-state index contributed by atoms with van der Waals surface area (Å²) in [5, 5.41) is 4.79. The Morgan fingerprint density at radius 2 is 1.78 bits per heavy atom. The molecule has 5 nitrogen and oxygen atoms in total. The first-order chi connectivity index (χ1) is 12.7. The molecule has 2 heterocycles. The van der Waals surface area contributed by atoms with Gasteiger partial charge in [0.1, 0.15) is 0 Å². The summed E-state index contributed by atoms with van der Waals surface area (Å²) >= 11 is 0. The number of carbonyl (C=O) groups excluding carboxylic acids is 1. The second kappa shape index (κ2) is 7.47. The number of piperidine rings is 1. The lowest BCUT2D eigenvalue weighted by Gasteiger charge is -2.34. The molecule has 146 valence electrons. The molecule has 1 amide bonds. The first-order valence-corrected chi connectivity index (χ1v) is 9.89. The summed E-state index contributed by atoms with van der Waals surface area (Å²) in [5.41, 5.74) is 9.58. The van der Waals surface area contributed by atoms with Crippen LogP contribution >= 0.6 is 0 Å². The highest BCUT2D eigenvalue weighted by molar-refractivity contribution is 5.95. The van der Waals surface area contributed by atoms with Crippen LogP contribution in [-0.4, -0.2) is 39.7 Å². The van der Waals surface area contributed by atoms with Crippen molar-refractivity contribution in [3.8, 4) is 5.69 Å². The van der Waals surface area contributed by atoms with Crippen LogP contribution in [0.25, 0.3) is 5.69 Å². The second-order valence-corrected chi connectivity index (χ2v) is 8.91. The summed E-state index contributed by atoms with van der Waals surface area (Å²) in [6.45, 7) is 12.0. The van der Waals surface area contributed by atoms with Gasteiger partial charge in [0, 0.05) is 30.7 Å². The summed E-state index contributed by atoms with van der Waals surface area (Å²) in [4.78, 5) is 15.2. The average molecular weight is 369 g/mol. The standard InChI is InChI=1S/C22H32N4O/c1-15-6-8-18(9-7-15)26-14-19(20(24-26)22(3,4)5)21(27)25-12-10-17(11-13-25)16(2)23/h6-9,14,16-17H,10-13,23H2,1-5H3. The Morgan fingerprint density at radius 3 is 2.30 bits per heavy atom.